The van der Waals surface area contributed by atoms with Crippen LogP contribution in [-0.4, -0.2) is 37.6 Å². The van der Waals surface area contributed by atoms with Gasteiger partial charge in [0.2, 0.25) is 5.91 Å². The lowest BCUT2D eigenvalue weighted by molar-refractivity contribution is -0.128. The average Bonchev–Trinajstić information content (AvgIpc) is 3.06. The van der Waals surface area contributed by atoms with E-state index < -0.39 is 10.8 Å². The van der Waals surface area contributed by atoms with Crippen molar-refractivity contribution in [2.24, 2.45) is 0 Å². The first kappa shape index (κ1) is 28.1. The molecule has 208 valence electrons. The molecule has 4 aromatic carbocycles. The van der Waals surface area contributed by atoms with Gasteiger partial charge in [0.15, 0.2) is 0 Å². The summed E-state index contributed by atoms with van der Waals surface area (Å²) >= 11 is 0. The van der Waals surface area contributed by atoms with Gasteiger partial charge in [0.1, 0.15) is 11.2 Å². The topological polar surface area (TPSA) is 65.4 Å². The summed E-state index contributed by atoms with van der Waals surface area (Å²) in [7, 11) is 1.65. The van der Waals surface area contributed by atoms with E-state index in [9.17, 15) is 10.1 Å². The van der Waals surface area contributed by atoms with E-state index in [1.807, 2.05) is 78.9 Å². The summed E-state index contributed by atoms with van der Waals surface area (Å²) in [4.78, 5) is 16.3. The van der Waals surface area contributed by atoms with Gasteiger partial charge in [-0.25, -0.2) is 0 Å². The third kappa shape index (κ3) is 6.04. The molecular weight excluding hydrogens is 506 g/mol. The Morgan fingerprint density at radius 1 is 0.854 bits per heavy atom. The number of piperidine rings is 1. The van der Waals surface area contributed by atoms with Crippen LogP contribution in [0.2, 0.25) is 0 Å². The van der Waals surface area contributed by atoms with Crippen molar-refractivity contribution in [1.29, 1.82) is 5.26 Å². The van der Waals surface area contributed by atoms with Crippen LogP contribution in [0.1, 0.15) is 41.5 Å². The summed E-state index contributed by atoms with van der Waals surface area (Å²) in [6, 6.07) is 40.9. The predicted molar refractivity (Wildman–Crippen MR) is 163 cm³/mol. The number of methoxy groups -OCH3 is 1. The summed E-state index contributed by atoms with van der Waals surface area (Å²) in [6.07, 6.45) is 2.13. The smallest absolute Gasteiger partial charge is 0.231 e. The van der Waals surface area contributed by atoms with Crippen molar-refractivity contribution in [1.82, 2.24) is 10.2 Å². The molecular formula is C36H37N3O2. The number of nitrogens with zero attached hydrogens (tertiary/aromatic N) is 2. The zero-order chi connectivity index (χ0) is 28.5. The lowest BCUT2D eigenvalue weighted by Crippen LogP contribution is -2.52. The molecule has 5 heteroatoms. The summed E-state index contributed by atoms with van der Waals surface area (Å²) in [5.41, 5.74) is 2.81. The number of benzene rings is 4. The van der Waals surface area contributed by atoms with E-state index >= 15 is 0 Å². The number of nitriles is 1. The number of carbonyl (C=O) groups is 1. The van der Waals surface area contributed by atoms with Crippen LogP contribution in [0.3, 0.4) is 0 Å². The second-order valence-electron chi connectivity index (χ2n) is 10.8. The molecule has 41 heavy (non-hydrogen) atoms. The van der Waals surface area contributed by atoms with E-state index in [1.165, 1.54) is 0 Å². The van der Waals surface area contributed by atoms with Crippen molar-refractivity contribution in [3.63, 3.8) is 0 Å². The Labute approximate surface area is 243 Å². The van der Waals surface area contributed by atoms with Gasteiger partial charge >= 0.3 is 0 Å². The Morgan fingerprint density at radius 3 is 1.90 bits per heavy atom. The number of nitrogens with one attached hydrogen (secondary N) is 1. The van der Waals surface area contributed by atoms with Crippen LogP contribution < -0.4 is 10.1 Å². The normalized spacial score (nSPS) is 15.0. The molecule has 0 saturated carbocycles. The quantitative estimate of drug-likeness (QED) is 0.257. The van der Waals surface area contributed by atoms with Gasteiger partial charge in [0, 0.05) is 13.1 Å². The molecule has 0 atom stereocenters. The van der Waals surface area contributed by atoms with E-state index in [2.05, 4.69) is 52.7 Å². The van der Waals surface area contributed by atoms with Gasteiger partial charge in [0.25, 0.3) is 0 Å². The fourth-order valence-electron chi connectivity index (χ4n) is 6.07. The zero-order valence-electron chi connectivity index (χ0n) is 23.6. The van der Waals surface area contributed by atoms with E-state index in [1.54, 1.807) is 7.11 Å². The Morgan fingerprint density at radius 2 is 1.39 bits per heavy atom. The molecule has 1 amide bonds. The van der Waals surface area contributed by atoms with E-state index in [0.29, 0.717) is 13.0 Å². The molecule has 0 unspecified atom stereocenters. The molecule has 0 bridgehead atoms. The van der Waals surface area contributed by atoms with Crippen LogP contribution in [0.15, 0.2) is 115 Å². The fraction of sp³-hybridized carbons (Fsp3) is 0.278. The Hall–Kier alpha value is -4.40. The monoisotopic (exact) mass is 543 g/mol. The van der Waals surface area contributed by atoms with Gasteiger partial charge in [-0.15, -0.1) is 0 Å². The van der Waals surface area contributed by atoms with Crippen molar-refractivity contribution in [3.8, 4) is 11.8 Å². The minimum atomic E-state index is -0.730. The molecule has 5 rings (SSSR count). The van der Waals surface area contributed by atoms with Crippen LogP contribution in [0.4, 0.5) is 0 Å². The molecule has 1 saturated heterocycles. The molecule has 0 aliphatic carbocycles. The standard InChI is InChI=1S/C36H37N3O2/c1-41-33-19-17-29(18-20-33)27-38-34(40)35(30-11-5-2-6-12-30)21-24-39(25-22-35)26-23-36(28-37,31-13-7-3-8-14-31)32-15-9-4-10-16-32/h2-20H,21-27H2,1H3,(H,38,40). The Bertz CT molecular complexity index is 1400. The Balaban J connectivity index is 1.31. The summed E-state index contributed by atoms with van der Waals surface area (Å²) in [5.74, 6) is 0.868. The van der Waals surface area contributed by atoms with Crippen molar-refractivity contribution in [3.05, 3.63) is 138 Å². The van der Waals surface area contributed by atoms with Gasteiger partial charge in [-0.3, -0.25) is 4.79 Å². The molecule has 0 radical (unpaired) electrons. The highest BCUT2D eigenvalue weighted by Crippen LogP contribution is 2.39. The predicted octanol–water partition coefficient (Wildman–Crippen LogP) is 6.25. The minimum absolute atomic E-state index is 0.0686. The lowest BCUT2D eigenvalue weighted by Gasteiger charge is -2.42. The third-order valence-electron chi connectivity index (χ3n) is 8.61. The van der Waals surface area contributed by atoms with Crippen LogP contribution in [-0.2, 0) is 22.2 Å². The van der Waals surface area contributed by atoms with Gasteiger partial charge < -0.3 is 15.0 Å². The second-order valence-corrected chi connectivity index (χ2v) is 10.8. The molecule has 5 nitrogen and oxygen atoms in total. The number of amides is 1. The van der Waals surface area contributed by atoms with Crippen LogP contribution >= 0.6 is 0 Å². The molecule has 4 aromatic rings. The highest BCUT2D eigenvalue weighted by Gasteiger charge is 2.43. The SMILES string of the molecule is COc1ccc(CNC(=O)C2(c3ccccc3)CCN(CCC(C#N)(c3ccccc3)c3ccccc3)CC2)cc1. The Kier molecular flexibility index (Phi) is 8.82. The molecule has 1 aliphatic heterocycles. The van der Waals surface area contributed by atoms with Crippen molar-refractivity contribution >= 4 is 5.91 Å². The highest BCUT2D eigenvalue weighted by molar-refractivity contribution is 5.88. The number of rotatable bonds is 10. The second kappa shape index (κ2) is 12.8. The molecule has 1 N–H and O–H groups in total. The number of likely N-dealkylation sites (tertiary alicyclic amines) is 1. The lowest BCUT2D eigenvalue weighted by atomic mass is 9.71. The zero-order valence-corrected chi connectivity index (χ0v) is 23.6. The third-order valence-corrected chi connectivity index (χ3v) is 8.61. The van der Waals surface area contributed by atoms with Crippen LogP contribution in [0.25, 0.3) is 0 Å². The van der Waals surface area contributed by atoms with Gasteiger partial charge in [-0.05, 0) is 66.7 Å². The average molecular weight is 544 g/mol. The summed E-state index contributed by atoms with van der Waals surface area (Å²) in [5, 5.41) is 13.8. The number of hydrogen-bond acceptors (Lipinski definition) is 4. The van der Waals surface area contributed by atoms with E-state index in [0.717, 1.165) is 60.5 Å². The van der Waals surface area contributed by atoms with Gasteiger partial charge in [-0.1, -0.05) is 103 Å². The van der Waals surface area contributed by atoms with Crippen molar-refractivity contribution < 1.29 is 9.53 Å². The number of carbonyl (C=O) groups excluding carboxylic acids is 1. The number of ether oxygens (including phenoxy) is 1. The van der Waals surface area contributed by atoms with Gasteiger partial charge in [-0.2, -0.15) is 5.26 Å². The summed E-state index contributed by atoms with van der Waals surface area (Å²) < 4.78 is 5.26. The van der Waals surface area contributed by atoms with E-state index in [-0.39, 0.29) is 5.91 Å². The number of hydrogen-bond donors (Lipinski definition) is 1. The largest absolute Gasteiger partial charge is 0.497 e. The maximum atomic E-state index is 13.9. The first-order valence-electron chi connectivity index (χ1n) is 14.3. The van der Waals surface area contributed by atoms with Crippen LogP contribution in [0.5, 0.6) is 5.75 Å². The first-order valence-corrected chi connectivity index (χ1v) is 14.3. The molecule has 0 aromatic heterocycles. The first-order chi connectivity index (χ1) is 20.1. The molecule has 1 heterocycles. The molecule has 1 aliphatic rings. The fourth-order valence-corrected chi connectivity index (χ4v) is 6.07. The maximum Gasteiger partial charge on any atom is 0.231 e. The molecule has 1 fully saturated rings. The van der Waals surface area contributed by atoms with Crippen molar-refractivity contribution in [2.75, 3.05) is 26.7 Å². The highest BCUT2D eigenvalue weighted by atomic mass is 16.5. The minimum Gasteiger partial charge on any atom is -0.497 e. The van der Waals surface area contributed by atoms with Gasteiger partial charge in [0.05, 0.1) is 18.6 Å². The van der Waals surface area contributed by atoms with E-state index in [4.69, 9.17) is 4.74 Å². The van der Waals surface area contributed by atoms with Crippen LogP contribution in [0, 0.1) is 11.3 Å². The molecule has 0 spiro atoms. The summed E-state index contributed by atoms with van der Waals surface area (Å²) in [6.45, 7) is 2.82. The maximum absolute atomic E-state index is 13.9. The van der Waals surface area contributed by atoms with Crippen molar-refractivity contribution in [2.45, 2.75) is 36.6 Å².